The Hall–Kier alpha value is -3.71. The Balaban J connectivity index is 1.58. The Labute approximate surface area is 195 Å². The molecule has 0 atom stereocenters. The maximum absolute atomic E-state index is 12.5. The summed E-state index contributed by atoms with van der Waals surface area (Å²) >= 11 is 0. The van der Waals surface area contributed by atoms with E-state index in [0.717, 1.165) is 37.4 Å². The maximum atomic E-state index is 12.5. The first-order chi connectivity index (χ1) is 16.1. The van der Waals surface area contributed by atoms with Gasteiger partial charge in [0.2, 0.25) is 0 Å². The minimum atomic E-state index is -0.241. The molecule has 3 N–H and O–H groups in total. The van der Waals surface area contributed by atoms with Crippen LogP contribution in [0.1, 0.15) is 41.0 Å². The summed E-state index contributed by atoms with van der Waals surface area (Å²) in [4.78, 5) is 31.5. The highest BCUT2D eigenvalue weighted by Crippen LogP contribution is 2.19. The molecule has 0 saturated carbocycles. The third-order valence-corrected chi connectivity index (χ3v) is 5.28. The minimum Gasteiger partial charge on any atom is -0.355 e. The van der Waals surface area contributed by atoms with Crippen molar-refractivity contribution in [3.63, 3.8) is 0 Å². The number of nitrogens with one attached hydrogen (secondary N) is 3. The van der Waals surface area contributed by atoms with Crippen LogP contribution in [0.4, 0.5) is 17.2 Å². The van der Waals surface area contributed by atoms with Crippen molar-refractivity contribution in [2.45, 2.75) is 20.3 Å². The third-order valence-electron chi connectivity index (χ3n) is 5.28. The third kappa shape index (κ3) is 7.43. The van der Waals surface area contributed by atoms with Gasteiger partial charge in [-0.25, -0.2) is 4.98 Å². The molecule has 0 aliphatic carbocycles. The number of hydrogen-bond acceptors (Lipinski definition) is 5. The summed E-state index contributed by atoms with van der Waals surface area (Å²) in [6.45, 7) is 7.93. The van der Waals surface area contributed by atoms with E-state index in [4.69, 9.17) is 0 Å². The molecule has 0 radical (unpaired) electrons. The van der Waals surface area contributed by atoms with Crippen molar-refractivity contribution in [3.05, 3.63) is 84.1 Å². The molecule has 0 aliphatic heterocycles. The molecule has 3 aromatic rings. The van der Waals surface area contributed by atoms with Crippen molar-refractivity contribution in [1.82, 2.24) is 15.2 Å². The number of carbonyl (C=O) groups is 2. The van der Waals surface area contributed by atoms with Crippen LogP contribution in [0.15, 0.2) is 72.9 Å². The summed E-state index contributed by atoms with van der Waals surface area (Å²) in [5, 5.41) is 9.04. The van der Waals surface area contributed by atoms with Crippen LogP contribution in [0.5, 0.6) is 0 Å². The Bertz CT molecular complexity index is 1050. The lowest BCUT2D eigenvalue weighted by Gasteiger charge is -2.17. The van der Waals surface area contributed by atoms with E-state index in [-0.39, 0.29) is 11.8 Å². The highest BCUT2D eigenvalue weighted by molar-refractivity contribution is 6.04. The van der Waals surface area contributed by atoms with E-state index < -0.39 is 0 Å². The second-order valence-corrected chi connectivity index (χ2v) is 7.59. The fraction of sp³-hybridized carbons (Fsp3) is 0.269. The highest BCUT2D eigenvalue weighted by atomic mass is 16.2. The Morgan fingerprint density at radius 2 is 1.52 bits per heavy atom. The molecule has 0 spiro atoms. The number of rotatable bonds is 11. The zero-order valence-corrected chi connectivity index (χ0v) is 19.2. The number of aromatic nitrogens is 1. The molecular formula is C26H31N5O2. The van der Waals surface area contributed by atoms with Gasteiger partial charge in [0.1, 0.15) is 5.82 Å². The van der Waals surface area contributed by atoms with Crippen LogP contribution >= 0.6 is 0 Å². The van der Waals surface area contributed by atoms with E-state index in [1.807, 2.05) is 30.3 Å². The van der Waals surface area contributed by atoms with Gasteiger partial charge in [-0.15, -0.1) is 0 Å². The number of hydrogen-bond donors (Lipinski definition) is 3. The second kappa shape index (κ2) is 12.4. The maximum Gasteiger partial charge on any atom is 0.256 e. The lowest BCUT2D eigenvalue weighted by Crippen LogP contribution is -2.29. The largest absolute Gasteiger partial charge is 0.355 e. The van der Waals surface area contributed by atoms with Gasteiger partial charge in [0.25, 0.3) is 11.8 Å². The van der Waals surface area contributed by atoms with Crippen LogP contribution in [0.2, 0.25) is 0 Å². The van der Waals surface area contributed by atoms with Crippen LogP contribution in [-0.2, 0) is 0 Å². The highest BCUT2D eigenvalue weighted by Gasteiger charge is 2.09. The summed E-state index contributed by atoms with van der Waals surface area (Å²) < 4.78 is 0. The van der Waals surface area contributed by atoms with Gasteiger partial charge in [-0.2, -0.15) is 0 Å². The average molecular weight is 446 g/mol. The first kappa shape index (κ1) is 23.9. The molecule has 0 fully saturated rings. The van der Waals surface area contributed by atoms with Crippen LogP contribution in [0.25, 0.3) is 0 Å². The molecule has 3 rings (SSSR count). The van der Waals surface area contributed by atoms with E-state index >= 15 is 0 Å². The van der Waals surface area contributed by atoms with Crippen LogP contribution in [0.3, 0.4) is 0 Å². The average Bonchev–Trinajstić information content (AvgIpc) is 2.85. The molecule has 0 aliphatic rings. The molecule has 7 nitrogen and oxygen atoms in total. The summed E-state index contributed by atoms with van der Waals surface area (Å²) in [7, 11) is 0. The summed E-state index contributed by atoms with van der Waals surface area (Å²) in [6, 6.07) is 19.9. The molecule has 7 heteroatoms. The zero-order valence-electron chi connectivity index (χ0n) is 19.2. The molecule has 172 valence electrons. The molecule has 2 amide bonds. The Morgan fingerprint density at radius 1 is 0.848 bits per heavy atom. The van der Waals surface area contributed by atoms with Crippen LogP contribution in [0, 0.1) is 0 Å². The molecular weight excluding hydrogens is 414 g/mol. The van der Waals surface area contributed by atoms with Crippen molar-refractivity contribution < 1.29 is 9.59 Å². The molecule has 1 heterocycles. The number of amides is 2. The van der Waals surface area contributed by atoms with Crippen molar-refractivity contribution in [2.24, 2.45) is 0 Å². The number of carbonyl (C=O) groups excluding carboxylic acids is 2. The zero-order chi connectivity index (χ0) is 23.5. The van der Waals surface area contributed by atoms with Gasteiger partial charge in [-0.05, 0) is 74.6 Å². The first-order valence-corrected chi connectivity index (χ1v) is 11.3. The van der Waals surface area contributed by atoms with Gasteiger partial charge in [0, 0.05) is 35.2 Å². The minimum absolute atomic E-state index is 0.0957. The fourth-order valence-corrected chi connectivity index (χ4v) is 3.41. The molecule has 0 saturated heterocycles. The van der Waals surface area contributed by atoms with Crippen LogP contribution < -0.4 is 16.0 Å². The van der Waals surface area contributed by atoms with E-state index in [1.54, 1.807) is 42.6 Å². The lowest BCUT2D eigenvalue weighted by molar-refractivity contribution is 0.0951. The SMILES string of the molecule is CCN(CC)CCCNC(=O)c1cccc(Nc2cccc(C(=O)Nc3ccccn3)c2)c1. The predicted octanol–water partition coefficient (Wildman–Crippen LogP) is 4.54. The van der Waals surface area contributed by atoms with Crippen molar-refractivity contribution >= 4 is 29.0 Å². The fourth-order valence-electron chi connectivity index (χ4n) is 3.41. The summed E-state index contributed by atoms with van der Waals surface area (Å²) in [5.41, 5.74) is 2.62. The Morgan fingerprint density at radius 3 is 2.12 bits per heavy atom. The van der Waals surface area contributed by atoms with Gasteiger partial charge in [0.15, 0.2) is 0 Å². The van der Waals surface area contributed by atoms with Gasteiger partial charge in [-0.3, -0.25) is 9.59 Å². The summed E-state index contributed by atoms with van der Waals surface area (Å²) in [6.07, 6.45) is 2.54. The van der Waals surface area contributed by atoms with Gasteiger partial charge < -0.3 is 20.9 Å². The van der Waals surface area contributed by atoms with E-state index in [0.29, 0.717) is 23.5 Å². The van der Waals surface area contributed by atoms with Gasteiger partial charge in [0.05, 0.1) is 0 Å². The number of benzene rings is 2. The molecule has 0 bridgehead atoms. The molecule has 1 aromatic heterocycles. The smallest absolute Gasteiger partial charge is 0.256 e. The van der Waals surface area contributed by atoms with Gasteiger partial charge in [-0.1, -0.05) is 32.0 Å². The van der Waals surface area contributed by atoms with E-state index in [9.17, 15) is 9.59 Å². The predicted molar refractivity (Wildman–Crippen MR) is 133 cm³/mol. The number of nitrogens with zero attached hydrogens (tertiary/aromatic N) is 2. The quantitative estimate of drug-likeness (QED) is 0.377. The monoisotopic (exact) mass is 445 g/mol. The normalized spacial score (nSPS) is 10.6. The molecule has 33 heavy (non-hydrogen) atoms. The Kier molecular flexibility index (Phi) is 8.97. The van der Waals surface area contributed by atoms with E-state index in [1.165, 1.54) is 0 Å². The van der Waals surface area contributed by atoms with E-state index in [2.05, 4.69) is 39.7 Å². The first-order valence-electron chi connectivity index (χ1n) is 11.3. The molecule has 2 aromatic carbocycles. The number of pyridine rings is 1. The van der Waals surface area contributed by atoms with Gasteiger partial charge >= 0.3 is 0 Å². The number of anilines is 3. The van der Waals surface area contributed by atoms with Crippen molar-refractivity contribution in [2.75, 3.05) is 36.8 Å². The van der Waals surface area contributed by atoms with Crippen molar-refractivity contribution in [3.8, 4) is 0 Å². The topological polar surface area (TPSA) is 86.4 Å². The van der Waals surface area contributed by atoms with Crippen molar-refractivity contribution in [1.29, 1.82) is 0 Å². The summed E-state index contributed by atoms with van der Waals surface area (Å²) in [5.74, 6) is 0.161. The lowest BCUT2D eigenvalue weighted by atomic mass is 10.1. The molecule has 0 unspecified atom stereocenters. The standard InChI is InChI=1S/C26H31N5O2/c1-3-31(4-2)17-9-16-28-25(32)20-10-7-12-22(18-20)29-23-13-8-11-21(19-23)26(33)30-24-14-5-6-15-27-24/h5-8,10-15,18-19,29H,3-4,9,16-17H2,1-2H3,(H,28,32)(H,27,30,33). The second-order valence-electron chi connectivity index (χ2n) is 7.59. The van der Waals surface area contributed by atoms with Crippen LogP contribution in [-0.4, -0.2) is 47.9 Å².